The highest BCUT2D eigenvalue weighted by atomic mass is 32.2. The summed E-state index contributed by atoms with van der Waals surface area (Å²) in [6.07, 6.45) is 2.72. The van der Waals surface area contributed by atoms with E-state index in [-0.39, 0.29) is 10.8 Å². The Labute approximate surface area is 117 Å². The van der Waals surface area contributed by atoms with E-state index in [1.807, 2.05) is 13.0 Å². The highest BCUT2D eigenvalue weighted by Crippen LogP contribution is 2.13. The molecule has 2 rings (SSSR count). The molecule has 0 aliphatic heterocycles. The molecule has 0 saturated carbocycles. The summed E-state index contributed by atoms with van der Waals surface area (Å²) < 4.78 is 22.7. The van der Waals surface area contributed by atoms with Gasteiger partial charge in [-0.2, -0.15) is 0 Å². The first-order chi connectivity index (χ1) is 9.38. The van der Waals surface area contributed by atoms with Crippen LogP contribution in [0.5, 0.6) is 0 Å². The molecule has 104 valence electrons. The van der Waals surface area contributed by atoms with Crippen LogP contribution in [0.1, 0.15) is 15.9 Å². The van der Waals surface area contributed by atoms with Gasteiger partial charge in [0.15, 0.2) is 9.84 Å². The molecule has 20 heavy (non-hydrogen) atoms. The highest BCUT2D eigenvalue weighted by molar-refractivity contribution is 7.90. The maximum Gasteiger partial charge on any atom is 0.256 e. The van der Waals surface area contributed by atoms with E-state index >= 15 is 0 Å². The number of nitrogens with one attached hydrogen (secondary N) is 1. The van der Waals surface area contributed by atoms with E-state index < -0.39 is 9.84 Å². The van der Waals surface area contributed by atoms with Gasteiger partial charge in [0.1, 0.15) is 5.82 Å². The molecule has 1 aromatic carbocycles. The van der Waals surface area contributed by atoms with Crippen molar-refractivity contribution in [3.05, 3.63) is 53.7 Å². The number of amides is 1. The van der Waals surface area contributed by atoms with Crippen LogP contribution in [-0.4, -0.2) is 25.6 Å². The van der Waals surface area contributed by atoms with Crippen LogP contribution in [0.3, 0.4) is 0 Å². The topological polar surface area (TPSA) is 76.1 Å². The van der Waals surface area contributed by atoms with Crippen molar-refractivity contribution in [3.8, 4) is 0 Å². The fourth-order valence-corrected chi connectivity index (χ4v) is 2.28. The minimum atomic E-state index is -3.25. The van der Waals surface area contributed by atoms with Crippen LogP contribution in [0.2, 0.25) is 0 Å². The van der Waals surface area contributed by atoms with Gasteiger partial charge in [-0.05, 0) is 42.8 Å². The monoisotopic (exact) mass is 290 g/mol. The number of benzene rings is 1. The average Bonchev–Trinajstić information content (AvgIpc) is 2.40. The lowest BCUT2D eigenvalue weighted by Crippen LogP contribution is -2.14. The van der Waals surface area contributed by atoms with Gasteiger partial charge in [-0.25, -0.2) is 13.4 Å². The Morgan fingerprint density at radius 1 is 1.15 bits per heavy atom. The number of pyridine rings is 1. The number of carbonyl (C=O) groups excluding carboxylic acids is 1. The maximum absolute atomic E-state index is 12.0. The molecule has 1 heterocycles. The molecule has 0 aliphatic rings. The van der Waals surface area contributed by atoms with E-state index in [4.69, 9.17) is 0 Å². The molecule has 0 atom stereocenters. The number of aryl methyl sites for hydroxylation is 1. The summed E-state index contributed by atoms with van der Waals surface area (Å²) in [4.78, 5) is 16.3. The molecule has 0 saturated heterocycles. The smallest absolute Gasteiger partial charge is 0.256 e. The molecule has 0 unspecified atom stereocenters. The third kappa shape index (κ3) is 3.21. The third-order valence-corrected chi connectivity index (χ3v) is 3.91. The van der Waals surface area contributed by atoms with Crippen LogP contribution in [0.4, 0.5) is 5.82 Å². The predicted octanol–water partition coefficient (Wildman–Crippen LogP) is 2.05. The normalized spacial score (nSPS) is 11.1. The summed E-state index contributed by atoms with van der Waals surface area (Å²) in [5.41, 5.74) is 1.23. The maximum atomic E-state index is 12.0. The quantitative estimate of drug-likeness (QED) is 0.938. The zero-order valence-electron chi connectivity index (χ0n) is 11.1. The van der Waals surface area contributed by atoms with E-state index in [0.29, 0.717) is 11.4 Å². The minimum absolute atomic E-state index is 0.183. The summed E-state index contributed by atoms with van der Waals surface area (Å²) in [6, 6.07) is 9.40. The average molecular weight is 290 g/mol. The van der Waals surface area contributed by atoms with Crippen molar-refractivity contribution < 1.29 is 13.2 Å². The standard InChI is InChI=1S/C14H14N2O3S/c1-10-4-3-9-15-13(10)16-14(17)11-5-7-12(8-6-11)20(2,18)19/h3-9H,1-2H3,(H,15,16,17). The van der Waals surface area contributed by atoms with E-state index in [9.17, 15) is 13.2 Å². The van der Waals surface area contributed by atoms with Crippen molar-refractivity contribution in [2.75, 3.05) is 11.6 Å². The van der Waals surface area contributed by atoms with E-state index in [1.54, 1.807) is 12.3 Å². The van der Waals surface area contributed by atoms with Crippen LogP contribution in [0.15, 0.2) is 47.5 Å². The number of nitrogens with zero attached hydrogens (tertiary/aromatic N) is 1. The fraction of sp³-hybridized carbons (Fsp3) is 0.143. The third-order valence-electron chi connectivity index (χ3n) is 2.79. The van der Waals surface area contributed by atoms with Gasteiger partial charge < -0.3 is 5.32 Å². The summed E-state index contributed by atoms with van der Waals surface area (Å²) in [5.74, 6) is 0.163. The van der Waals surface area contributed by atoms with Crippen molar-refractivity contribution in [1.29, 1.82) is 0 Å². The minimum Gasteiger partial charge on any atom is -0.306 e. The molecule has 5 nitrogen and oxygen atoms in total. The lowest BCUT2D eigenvalue weighted by Gasteiger charge is -2.07. The fourth-order valence-electron chi connectivity index (χ4n) is 1.65. The van der Waals surface area contributed by atoms with Gasteiger partial charge in [0.2, 0.25) is 0 Å². The first-order valence-corrected chi connectivity index (χ1v) is 7.80. The van der Waals surface area contributed by atoms with Crippen molar-refractivity contribution in [3.63, 3.8) is 0 Å². The van der Waals surface area contributed by atoms with Gasteiger partial charge in [0.05, 0.1) is 4.90 Å². The van der Waals surface area contributed by atoms with E-state index in [0.717, 1.165) is 11.8 Å². The molecule has 0 spiro atoms. The molecule has 6 heteroatoms. The van der Waals surface area contributed by atoms with Crippen molar-refractivity contribution in [1.82, 2.24) is 4.98 Å². The van der Waals surface area contributed by atoms with Crippen molar-refractivity contribution in [2.45, 2.75) is 11.8 Å². The summed E-state index contributed by atoms with van der Waals surface area (Å²) in [6.45, 7) is 1.84. The molecular formula is C14H14N2O3S. The molecule has 2 aromatic rings. The summed E-state index contributed by atoms with van der Waals surface area (Å²) in [5, 5.41) is 2.69. The number of carbonyl (C=O) groups is 1. The van der Waals surface area contributed by atoms with Gasteiger partial charge in [0, 0.05) is 18.0 Å². The molecule has 1 amide bonds. The second kappa shape index (κ2) is 5.42. The predicted molar refractivity (Wildman–Crippen MR) is 76.5 cm³/mol. The Kier molecular flexibility index (Phi) is 3.85. The van der Waals surface area contributed by atoms with Crippen molar-refractivity contribution >= 4 is 21.6 Å². The Bertz CT molecular complexity index is 737. The molecule has 0 radical (unpaired) electrons. The Balaban J connectivity index is 2.20. The number of sulfone groups is 1. The molecule has 0 aliphatic carbocycles. The van der Waals surface area contributed by atoms with E-state index in [1.165, 1.54) is 24.3 Å². The van der Waals surface area contributed by atoms with Gasteiger partial charge in [0.25, 0.3) is 5.91 Å². The Morgan fingerprint density at radius 3 is 2.35 bits per heavy atom. The largest absolute Gasteiger partial charge is 0.306 e. The molecule has 0 bridgehead atoms. The second-order valence-corrected chi connectivity index (χ2v) is 6.44. The molecular weight excluding hydrogens is 276 g/mol. The van der Waals surface area contributed by atoms with Gasteiger partial charge in [-0.1, -0.05) is 6.07 Å². The first-order valence-electron chi connectivity index (χ1n) is 5.91. The van der Waals surface area contributed by atoms with Crippen LogP contribution in [0, 0.1) is 6.92 Å². The highest BCUT2D eigenvalue weighted by Gasteiger charge is 2.11. The number of hydrogen-bond acceptors (Lipinski definition) is 4. The lowest BCUT2D eigenvalue weighted by molar-refractivity contribution is 0.102. The lowest BCUT2D eigenvalue weighted by atomic mass is 10.2. The van der Waals surface area contributed by atoms with Crippen LogP contribution < -0.4 is 5.32 Å². The van der Waals surface area contributed by atoms with Crippen molar-refractivity contribution in [2.24, 2.45) is 0 Å². The Hall–Kier alpha value is -2.21. The number of hydrogen-bond donors (Lipinski definition) is 1. The number of aromatic nitrogens is 1. The second-order valence-electron chi connectivity index (χ2n) is 4.42. The van der Waals surface area contributed by atoms with Gasteiger partial charge in [-0.15, -0.1) is 0 Å². The SMILES string of the molecule is Cc1cccnc1NC(=O)c1ccc(S(C)(=O)=O)cc1. The van der Waals surface area contributed by atoms with Crippen LogP contribution >= 0.6 is 0 Å². The number of anilines is 1. The number of rotatable bonds is 3. The van der Waals surface area contributed by atoms with Gasteiger partial charge >= 0.3 is 0 Å². The molecule has 1 aromatic heterocycles. The molecule has 0 fully saturated rings. The first kappa shape index (κ1) is 14.2. The summed E-state index contributed by atoms with van der Waals surface area (Å²) >= 11 is 0. The molecule has 1 N–H and O–H groups in total. The van der Waals surface area contributed by atoms with Gasteiger partial charge in [-0.3, -0.25) is 4.79 Å². The Morgan fingerprint density at radius 2 is 1.80 bits per heavy atom. The van der Waals surface area contributed by atoms with Crippen LogP contribution in [0.25, 0.3) is 0 Å². The summed E-state index contributed by atoms with van der Waals surface area (Å²) in [7, 11) is -3.25. The van der Waals surface area contributed by atoms with Crippen LogP contribution in [-0.2, 0) is 9.84 Å². The zero-order chi connectivity index (χ0) is 14.8. The zero-order valence-corrected chi connectivity index (χ0v) is 11.9. The van der Waals surface area contributed by atoms with E-state index in [2.05, 4.69) is 10.3 Å².